The molecule has 1 aliphatic carbocycles. The molecule has 0 spiro atoms. The van der Waals surface area contributed by atoms with E-state index in [-0.39, 0.29) is 17.0 Å². The summed E-state index contributed by atoms with van der Waals surface area (Å²) >= 11 is 6.09. The summed E-state index contributed by atoms with van der Waals surface area (Å²) in [5, 5.41) is 29.6. The highest BCUT2D eigenvalue weighted by atomic mass is 35.5. The summed E-state index contributed by atoms with van der Waals surface area (Å²) in [6.07, 6.45) is -6.65. The average molecular weight is 561 g/mol. The first-order valence-electron chi connectivity index (χ1n) is 11.0. The van der Waals surface area contributed by atoms with Crippen molar-refractivity contribution in [3.63, 3.8) is 0 Å². The fraction of sp³-hybridized carbons (Fsp3) is 0.684. The fourth-order valence-corrected chi connectivity index (χ4v) is 5.38. The molecule has 4 rings (SSSR count). The SMILES string of the molecule is O=P(O)(O)C(CO)(OC[C@H]1O[C@@H](n2ccc3c(NC4CCCC4)nc(Cl)nc32)[C@H](O)[C@@H]1O)C(F)(F)F. The third-order valence-corrected chi connectivity index (χ3v) is 8.10. The van der Waals surface area contributed by atoms with Crippen molar-refractivity contribution < 1.29 is 52.3 Å². The minimum Gasteiger partial charge on any atom is -0.392 e. The molecule has 12 nitrogen and oxygen atoms in total. The van der Waals surface area contributed by atoms with E-state index in [0.29, 0.717) is 11.2 Å². The Kier molecular flexibility index (Phi) is 7.61. The van der Waals surface area contributed by atoms with E-state index in [1.54, 1.807) is 6.07 Å². The molecular formula is C19H25ClF3N4O8P. The smallest absolute Gasteiger partial charge is 0.392 e. The first-order chi connectivity index (χ1) is 16.8. The van der Waals surface area contributed by atoms with Gasteiger partial charge in [0.05, 0.1) is 18.6 Å². The Morgan fingerprint density at radius 3 is 2.47 bits per heavy atom. The van der Waals surface area contributed by atoms with Gasteiger partial charge in [0.15, 0.2) is 6.23 Å². The lowest BCUT2D eigenvalue weighted by atomic mass is 10.1. The van der Waals surface area contributed by atoms with E-state index in [0.717, 1.165) is 25.7 Å². The number of fused-ring (bicyclic) bond motifs is 1. The number of aromatic nitrogens is 3. The van der Waals surface area contributed by atoms with Crippen LogP contribution in [0.15, 0.2) is 12.3 Å². The van der Waals surface area contributed by atoms with Crippen LogP contribution >= 0.6 is 19.2 Å². The van der Waals surface area contributed by atoms with Crippen LogP contribution in [0, 0.1) is 0 Å². The van der Waals surface area contributed by atoms with Crippen LogP contribution in [-0.4, -0.2) is 88.7 Å². The highest BCUT2D eigenvalue weighted by molar-refractivity contribution is 7.53. The Morgan fingerprint density at radius 2 is 1.89 bits per heavy atom. The number of nitrogens with zero attached hydrogens (tertiary/aromatic N) is 3. The minimum absolute atomic E-state index is 0.115. The third-order valence-electron chi connectivity index (χ3n) is 6.47. The molecule has 3 heterocycles. The quantitative estimate of drug-likeness (QED) is 0.203. The van der Waals surface area contributed by atoms with Crippen LogP contribution in [0.3, 0.4) is 0 Å². The summed E-state index contributed by atoms with van der Waals surface area (Å²) in [6.45, 7) is -3.28. The standard InChI is InChI=1S/C19H25ClF3N4O8P/c20-17-25-14(24-9-3-1-2-4-9)10-5-6-27(15(10)26-17)16-13(30)12(29)11(35-16)7-34-18(8-28,19(21,22)23)36(31,32)33/h5-6,9,11-13,16,28-30H,1-4,7-8H2,(H,24,25,26)(H2,31,32,33)/t11-,12-,13-,16-,18?/m1/s1. The van der Waals surface area contributed by atoms with Crippen molar-refractivity contribution in [3.8, 4) is 0 Å². The van der Waals surface area contributed by atoms with Crippen LogP contribution in [0.2, 0.25) is 5.28 Å². The summed E-state index contributed by atoms with van der Waals surface area (Å²) < 4.78 is 63.2. The number of hydrogen-bond acceptors (Lipinski definition) is 9. The van der Waals surface area contributed by atoms with Crippen LogP contribution in [0.4, 0.5) is 19.0 Å². The van der Waals surface area contributed by atoms with Gasteiger partial charge in [0, 0.05) is 12.2 Å². The van der Waals surface area contributed by atoms with Crippen molar-refractivity contribution in [1.82, 2.24) is 14.5 Å². The molecule has 1 saturated carbocycles. The van der Waals surface area contributed by atoms with E-state index < -0.39 is 56.9 Å². The zero-order valence-electron chi connectivity index (χ0n) is 18.5. The molecule has 1 unspecified atom stereocenters. The van der Waals surface area contributed by atoms with Gasteiger partial charge >= 0.3 is 13.8 Å². The maximum Gasteiger partial charge on any atom is 0.431 e. The lowest BCUT2D eigenvalue weighted by Crippen LogP contribution is -2.52. The maximum atomic E-state index is 13.4. The summed E-state index contributed by atoms with van der Waals surface area (Å²) in [7, 11) is -6.08. The molecule has 0 aromatic carbocycles. The van der Waals surface area contributed by atoms with E-state index in [1.807, 2.05) is 0 Å². The van der Waals surface area contributed by atoms with Crippen LogP contribution in [0.1, 0.15) is 31.9 Å². The van der Waals surface area contributed by atoms with Crippen molar-refractivity contribution in [2.45, 2.75) is 67.8 Å². The second kappa shape index (κ2) is 9.97. The third kappa shape index (κ3) is 4.84. The molecule has 17 heteroatoms. The van der Waals surface area contributed by atoms with Crippen molar-refractivity contribution in [3.05, 3.63) is 17.5 Å². The molecule has 1 aliphatic heterocycles. The van der Waals surface area contributed by atoms with Gasteiger partial charge < -0.3 is 44.5 Å². The molecule has 2 aliphatic rings. The van der Waals surface area contributed by atoms with E-state index in [4.69, 9.17) is 16.3 Å². The van der Waals surface area contributed by atoms with Gasteiger partial charge in [-0.1, -0.05) is 12.8 Å². The Labute approximate surface area is 207 Å². The van der Waals surface area contributed by atoms with Crippen LogP contribution in [0.25, 0.3) is 11.0 Å². The minimum atomic E-state index is -6.08. The highest BCUT2D eigenvalue weighted by Crippen LogP contribution is 2.59. The lowest BCUT2D eigenvalue weighted by molar-refractivity contribution is -0.264. The van der Waals surface area contributed by atoms with E-state index >= 15 is 0 Å². The normalized spacial score (nSPS) is 27.6. The van der Waals surface area contributed by atoms with Crippen LogP contribution in [-0.2, 0) is 14.0 Å². The monoisotopic (exact) mass is 560 g/mol. The van der Waals surface area contributed by atoms with E-state index in [9.17, 15) is 42.8 Å². The highest BCUT2D eigenvalue weighted by Gasteiger charge is 2.68. The van der Waals surface area contributed by atoms with Gasteiger partial charge in [-0.05, 0) is 30.5 Å². The van der Waals surface area contributed by atoms with E-state index in [2.05, 4.69) is 20.0 Å². The van der Waals surface area contributed by atoms with Crippen molar-refractivity contribution in [2.75, 3.05) is 18.5 Å². The molecule has 0 radical (unpaired) electrons. The molecule has 6 N–H and O–H groups in total. The number of alkyl halides is 3. The van der Waals surface area contributed by atoms with Gasteiger partial charge in [-0.3, -0.25) is 4.57 Å². The summed E-state index contributed by atoms with van der Waals surface area (Å²) in [4.78, 5) is 26.9. The van der Waals surface area contributed by atoms with Crippen molar-refractivity contribution in [2.24, 2.45) is 0 Å². The van der Waals surface area contributed by atoms with Gasteiger partial charge in [0.2, 0.25) is 5.28 Å². The largest absolute Gasteiger partial charge is 0.431 e. The Bertz CT molecular complexity index is 1140. The molecule has 202 valence electrons. The number of nitrogens with one attached hydrogen (secondary N) is 1. The maximum absolute atomic E-state index is 13.4. The topological polar surface area (TPSA) is 179 Å². The molecule has 36 heavy (non-hydrogen) atoms. The van der Waals surface area contributed by atoms with E-state index in [1.165, 1.54) is 10.8 Å². The molecular weight excluding hydrogens is 536 g/mol. The fourth-order valence-electron chi connectivity index (χ4n) is 4.46. The molecule has 5 atom stereocenters. The Balaban J connectivity index is 1.58. The number of hydrogen-bond donors (Lipinski definition) is 6. The molecule has 0 bridgehead atoms. The predicted octanol–water partition coefficient (Wildman–Crippen LogP) is 1.50. The first-order valence-corrected chi connectivity index (χ1v) is 13.0. The van der Waals surface area contributed by atoms with Crippen LogP contribution < -0.4 is 5.32 Å². The second-order valence-electron chi connectivity index (χ2n) is 8.77. The van der Waals surface area contributed by atoms with Crippen molar-refractivity contribution >= 4 is 36.0 Å². The Hall–Kier alpha value is -1.55. The lowest BCUT2D eigenvalue weighted by Gasteiger charge is -2.34. The number of ether oxygens (including phenoxy) is 2. The summed E-state index contributed by atoms with van der Waals surface area (Å²) in [5.41, 5.74) is 0.212. The molecule has 2 fully saturated rings. The number of halogens is 4. The number of aliphatic hydroxyl groups is 3. The summed E-state index contributed by atoms with van der Waals surface area (Å²) in [5.74, 6) is 0.447. The number of rotatable bonds is 8. The molecule has 0 amide bonds. The second-order valence-corrected chi connectivity index (χ2v) is 10.9. The Morgan fingerprint density at radius 1 is 1.22 bits per heavy atom. The van der Waals surface area contributed by atoms with Crippen LogP contribution in [0.5, 0.6) is 0 Å². The van der Waals surface area contributed by atoms with Gasteiger partial charge in [-0.25, -0.2) is 4.98 Å². The number of anilines is 1. The molecule has 2 aromatic heterocycles. The molecule has 2 aromatic rings. The van der Waals surface area contributed by atoms with Crippen molar-refractivity contribution in [1.29, 1.82) is 0 Å². The average Bonchev–Trinajstić information content (AvgIpc) is 3.49. The predicted molar refractivity (Wildman–Crippen MR) is 118 cm³/mol. The van der Waals surface area contributed by atoms with Gasteiger partial charge in [0.1, 0.15) is 29.8 Å². The molecule has 1 saturated heterocycles. The summed E-state index contributed by atoms with van der Waals surface area (Å²) in [6, 6.07) is 1.80. The first kappa shape index (κ1) is 27.5. The van der Waals surface area contributed by atoms with Gasteiger partial charge in [0.25, 0.3) is 5.34 Å². The zero-order valence-corrected chi connectivity index (χ0v) is 20.2. The zero-order chi connectivity index (χ0) is 26.5. The number of aliphatic hydroxyl groups excluding tert-OH is 3. The van der Waals surface area contributed by atoms with Gasteiger partial charge in [-0.15, -0.1) is 0 Å². The van der Waals surface area contributed by atoms with Gasteiger partial charge in [-0.2, -0.15) is 18.2 Å².